The molecule has 0 radical (unpaired) electrons. The summed E-state index contributed by atoms with van der Waals surface area (Å²) >= 11 is 0. The average Bonchev–Trinajstić information content (AvgIpc) is 3.13. The number of hydrogen-bond acceptors (Lipinski definition) is 5. The van der Waals surface area contributed by atoms with Gasteiger partial charge >= 0.3 is 0 Å². The summed E-state index contributed by atoms with van der Waals surface area (Å²) in [5.41, 5.74) is 3.35. The molecular weight excluding hydrogens is 342 g/mol. The van der Waals surface area contributed by atoms with E-state index < -0.39 is 6.23 Å². The minimum atomic E-state index is -0.633. The average molecular weight is 361 g/mol. The lowest BCUT2D eigenvalue weighted by atomic mass is 10.1. The standard InChI is InChI=1S/C21H19N3O3/c1-13-12-18(17-6-4-5-7-19(17)22-13)21-24(14(2)25)23-20(27-21)15-8-10-16(26-3)11-9-15/h4-12,21H,1-3H3/t21-/m1/s1. The molecule has 1 aliphatic heterocycles. The number of methoxy groups -OCH3 is 1. The molecule has 4 rings (SSSR count). The van der Waals surface area contributed by atoms with Crippen LogP contribution in [0.15, 0.2) is 59.7 Å². The Morgan fingerprint density at radius 1 is 1.15 bits per heavy atom. The smallest absolute Gasteiger partial charge is 0.243 e. The normalized spacial score (nSPS) is 16.2. The van der Waals surface area contributed by atoms with Gasteiger partial charge in [-0.3, -0.25) is 9.78 Å². The summed E-state index contributed by atoms with van der Waals surface area (Å²) in [6, 6.07) is 17.1. The molecule has 2 aromatic carbocycles. The van der Waals surface area contributed by atoms with Gasteiger partial charge in [0.05, 0.1) is 12.6 Å². The van der Waals surface area contributed by atoms with Crippen LogP contribution >= 0.6 is 0 Å². The van der Waals surface area contributed by atoms with Gasteiger partial charge in [-0.15, -0.1) is 5.10 Å². The number of ether oxygens (including phenoxy) is 2. The fraction of sp³-hybridized carbons (Fsp3) is 0.190. The molecule has 0 bridgehead atoms. The lowest BCUT2D eigenvalue weighted by Crippen LogP contribution is -2.25. The number of nitrogens with zero attached hydrogens (tertiary/aromatic N) is 3. The molecule has 0 fully saturated rings. The minimum absolute atomic E-state index is 0.193. The summed E-state index contributed by atoms with van der Waals surface area (Å²) in [5.74, 6) is 0.950. The molecule has 1 aliphatic rings. The number of aromatic nitrogens is 1. The molecule has 1 aromatic heterocycles. The highest BCUT2D eigenvalue weighted by Gasteiger charge is 2.34. The maximum absolute atomic E-state index is 12.2. The molecule has 0 unspecified atom stereocenters. The number of amides is 1. The number of carbonyl (C=O) groups is 1. The third kappa shape index (κ3) is 3.10. The van der Waals surface area contributed by atoms with Gasteiger partial charge in [-0.1, -0.05) is 18.2 Å². The lowest BCUT2D eigenvalue weighted by molar-refractivity contribution is -0.135. The molecule has 2 heterocycles. The highest BCUT2D eigenvalue weighted by Crippen LogP contribution is 2.34. The lowest BCUT2D eigenvalue weighted by Gasteiger charge is -2.21. The number of fused-ring (bicyclic) bond motifs is 1. The van der Waals surface area contributed by atoms with Crippen LogP contribution in [-0.2, 0) is 9.53 Å². The molecule has 0 saturated heterocycles. The van der Waals surface area contributed by atoms with Gasteiger partial charge in [0.15, 0.2) is 0 Å². The Hall–Kier alpha value is -3.41. The van der Waals surface area contributed by atoms with Crippen molar-refractivity contribution in [3.8, 4) is 5.75 Å². The van der Waals surface area contributed by atoms with Crippen molar-refractivity contribution in [2.45, 2.75) is 20.1 Å². The van der Waals surface area contributed by atoms with Crippen molar-refractivity contribution < 1.29 is 14.3 Å². The first kappa shape index (κ1) is 17.0. The van der Waals surface area contributed by atoms with Crippen LogP contribution < -0.4 is 4.74 Å². The van der Waals surface area contributed by atoms with Crippen LogP contribution in [0.2, 0.25) is 0 Å². The molecule has 0 N–H and O–H groups in total. The zero-order chi connectivity index (χ0) is 19.0. The molecule has 136 valence electrons. The van der Waals surface area contributed by atoms with E-state index >= 15 is 0 Å². The molecule has 1 atom stereocenters. The summed E-state index contributed by atoms with van der Waals surface area (Å²) in [4.78, 5) is 16.8. The second-order valence-corrected chi connectivity index (χ2v) is 6.34. The Labute approximate surface area is 157 Å². The van der Waals surface area contributed by atoms with E-state index in [2.05, 4.69) is 10.1 Å². The van der Waals surface area contributed by atoms with Crippen molar-refractivity contribution in [3.63, 3.8) is 0 Å². The van der Waals surface area contributed by atoms with Crippen LogP contribution in [0.5, 0.6) is 5.75 Å². The number of hydrogen-bond donors (Lipinski definition) is 0. The Morgan fingerprint density at radius 2 is 1.89 bits per heavy atom. The minimum Gasteiger partial charge on any atom is -0.497 e. The molecule has 3 aromatic rings. The van der Waals surface area contributed by atoms with Crippen LogP contribution in [0, 0.1) is 6.92 Å². The van der Waals surface area contributed by atoms with Crippen molar-refractivity contribution in [1.82, 2.24) is 9.99 Å². The number of hydrazone groups is 1. The van der Waals surface area contributed by atoms with E-state index in [9.17, 15) is 4.79 Å². The largest absolute Gasteiger partial charge is 0.497 e. The predicted octanol–water partition coefficient (Wildman–Crippen LogP) is 3.79. The zero-order valence-corrected chi connectivity index (χ0v) is 15.3. The first-order valence-corrected chi connectivity index (χ1v) is 8.62. The number of pyridine rings is 1. The van der Waals surface area contributed by atoms with E-state index in [1.54, 1.807) is 7.11 Å². The highest BCUT2D eigenvalue weighted by molar-refractivity contribution is 5.97. The van der Waals surface area contributed by atoms with Crippen LogP contribution in [0.1, 0.15) is 30.0 Å². The second-order valence-electron chi connectivity index (χ2n) is 6.34. The van der Waals surface area contributed by atoms with Crippen LogP contribution in [0.4, 0.5) is 0 Å². The number of carbonyl (C=O) groups excluding carboxylic acids is 1. The first-order valence-electron chi connectivity index (χ1n) is 8.62. The van der Waals surface area contributed by atoms with Gasteiger partial charge in [0.2, 0.25) is 18.0 Å². The Bertz CT molecular complexity index is 1040. The van der Waals surface area contributed by atoms with E-state index in [1.807, 2.05) is 61.5 Å². The van der Waals surface area contributed by atoms with Crippen LogP contribution in [0.25, 0.3) is 10.9 Å². The summed E-state index contributed by atoms with van der Waals surface area (Å²) in [6.07, 6.45) is -0.633. The second kappa shape index (κ2) is 6.72. The van der Waals surface area contributed by atoms with Gasteiger partial charge < -0.3 is 9.47 Å². The number of aryl methyl sites for hydroxylation is 1. The van der Waals surface area contributed by atoms with Crippen molar-refractivity contribution in [1.29, 1.82) is 0 Å². The van der Waals surface area contributed by atoms with Crippen molar-refractivity contribution >= 4 is 22.7 Å². The highest BCUT2D eigenvalue weighted by atomic mass is 16.5. The summed E-state index contributed by atoms with van der Waals surface area (Å²) in [7, 11) is 1.61. The quantitative estimate of drug-likeness (QED) is 0.712. The van der Waals surface area contributed by atoms with E-state index in [4.69, 9.17) is 9.47 Å². The van der Waals surface area contributed by atoms with E-state index in [1.165, 1.54) is 11.9 Å². The third-order valence-electron chi connectivity index (χ3n) is 4.45. The molecule has 27 heavy (non-hydrogen) atoms. The molecule has 1 amide bonds. The topological polar surface area (TPSA) is 64.0 Å². The fourth-order valence-corrected chi connectivity index (χ4v) is 3.16. The van der Waals surface area contributed by atoms with Gasteiger partial charge in [0.25, 0.3) is 0 Å². The van der Waals surface area contributed by atoms with Gasteiger partial charge in [0.1, 0.15) is 5.75 Å². The Kier molecular flexibility index (Phi) is 4.24. The maximum atomic E-state index is 12.2. The van der Waals surface area contributed by atoms with Gasteiger partial charge in [-0.2, -0.15) is 5.01 Å². The van der Waals surface area contributed by atoms with Crippen molar-refractivity contribution in [2.24, 2.45) is 5.10 Å². The van der Waals surface area contributed by atoms with E-state index in [0.717, 1.165) is 33.5 Å². The monoisotopic (exact) mass is 361 g/mol. The Morgan fingerprint density at radius 3 is 2.59 bits per heavy atom. The first-order chi connectivity index (χ1) is 13.1. The van der Waals surface area contributed by atoms with E-state index in [0.29, 0.717) is 5.90 Å². The van der Waals surface area contributed by atoms with Crippen LogP contribution in [-0.4, -0.2) is 28.9 Å². The number of benzene rings is 2. The van der Waals surface area contributed by atoms with Crippen molar-refractivity contribution in [3.05, 3.63) is 71.4 Å². The van der Waals surface area contributed by atoms with E-state index in [-0.39, 0.29) is 5.91 Å². The molecule has 0 spiro atoms. The summed E-state index contributed by atoms with van der Waals surface area (Å²) < 4.78 is 11.3. The van der Waals surface area contributed by atoms with Gasteiger partial charge in [-0.05, 0) is 43.3 Å². The predicted molar refractivity (Wildman–Crippen MR) is 102 cm³/mol. The number of rotatable bonds is 3. The molecule has 6 nitrogen and oxygen atoms in total. The molecular formula is C21H19N3O3. The molecule has 0 saturated carbocycles. The van der Waals surface area contributed by atoms with Crippen molar-refractivity contribution in [2.75, 3.05) is 7.11 Å². The maximum Gasteiger partial charge on any atom is 0.243 e. The van der Waals surface area contributed by atoms with Gasteiger partial charge in [-0.25, -0.2) is 0 Å². The van der Waals surface area contributed by atoms with Gasteiger partial charge in [0, 0.05) is 29.1 Å². The number of para-hydroxylation sites is 1. The summed E-state index contributed by atoms with van der Waals surface area (Å²) in [6.45, 7) is 3.40. The fourth-order valence-electron chi connectivity index (χ4n) is 3.16. The zero-order valence-electron chi connectivity index (χ0n) is 15.3. The molecule has 6 heteroatoms. The Balaban J connectivity index is 1.77. The van der Waals surface area contributed by atoms with Crippen LogP contribution in [0.3, 0.4) is 0 Å². The molecule has 0 aliphatic carbocycles. The SMILES string of the molecule is COc1ccc(C2=NN(C(C)=O)[C@@H](c3cc(C)nc4ccccc34)O2)cc1. The summed E-state index contributed by atoms with van der Waals surface area (Å²) in [5, 5.41) is 6.74. The third-order valence-corrected chi connectivity index (χ3v) is 4.45.